The number of halogens is 1. The van der Waals surface area contributed by atoms with Crippen molar-refractivity contribution in [1.29, 1.82) is 0 Å². The van der Waals surface area contributed by atoms with E-state index in [4.69, 9.17) is 16.2 Å². The average Bonchev–Trinajstić information content (AvgIpc) is 2.86. The molecule has 0 radical (unpaired) electrons. The summed E-state index contributed by atoms with van der Waals surface area (Å²) in [4.78, 5) is 0. The zero-order valence-corrected chi connectivity index (χ0v) is 12.3. The van der Waals surface area contributed by atoms with Crippen LogP contribution in [0.2, 0.25) is 0 Å². The summed E-state index contributed by atoms with van der Waals surface area (Å²) in [5.74, 6) is 0.284. The molecule has 0 amide bonds. The predicted molar refractivity (Wildman–Crippen MR) is 81.7 cm³/mol. The maximum atomic E-state index is 13.4. The van der Waals surface area contributed by atoms with E-state index in [1.165, 1.54) is 18.3 Å². The topological polar surface area (TPSA) is 92.0 Å². The molecule has 1 aromatic carbocycles. The molecule has 1 unspecified atom stereocenters. The summed E-state index contributed by atoms with van der Waals surface area (Å²) in [6.07, 6.45) is 6.88. The lowest BCUT2D eigenvalue weighted by Gasteiger charge is -2.07. The normalized spacial score (nSPS) is 12.0. The van der Waals surface area contributed by atoms with Gasteiger partial charge in [0, 0.05) is 12.5 Å². The van der Waals surface area contributed by atoms with E-state index in [0.717, 1.165) is 5.69 Å². The summed E-state index contributed by atoms with van der Waals surface area (Å²) in [7, 11) is 2.42. The van der Waals surface area contributed by atoms with Gasteiger partial charge in [-0.15, -0.1) is 5.10 Å². The minimum atomic E-state index is -0.532. The van der Waals surface area contributed by atoms with Crippen LogP contribution in [0, 0.1) is 5.82 Å². The third-order valence-corrected chi connectivity index (χ3v) is 3.06. The lowest BCUT2D eigenvalue weighted by Crippen LogP contribution is -1.98. The number of nitrogens with two attached hydrogens (primary N) is 2. The highest BCUT2D eigenvalue weighted by atomic mass is 31.0. The van der Waals surface area contributed by atoms with Crippen LogP contribution in [0.25, 0.3) is 0 Å². The van der Waals surface area contributed by atoms with Crippen molar-refractivity contribution in [3.05, 3.63) is 60.0 Å². The number of nitrogens with zero attached hydrogens (tertiary/aromatic N) is 3. The van der Waals surface area contributed by atoms with E-state index in [2.05, 4.69) is 19.7 Å². The van der Waals surface area contributed by atoms with Crippen LogP contribution < -0.4 is 16.2 Å². The summed E-state index contributed by atoms with van der Waals surface area (Å²) in [6.45, 7) is 0. The van der Waals surface area contributed by atoms with Crippen molar-refractivity contribution in [1.82, 2.24) is 14.8 Å². The largest absolute Gasteiger partial charge is 0.458 e. The number of allylic oxidation sites excluding steroid dienone is 2. The van der Waals surface area contributed by atoms with Gasteiger partial charge in [-0.3, -0.25) is 0 Å². The van der Waals surface area contributed by atoms with Crippen LogP contribution in [-0.2, 0) is 6.42 Å². The summed E-state index contributed by atoms with van der Waals surface area (Å²) >= 11 is 0. The molecule has 0 aliphatic rings. The highest BCUT2D eigenvalue weighted by molar-refractivity contribution is 7.14. The van der Waals surface area contributed by atoms with Crippen LogP contribution in [0.3, 0.4) is 0 Å². The molecule has 8 heteroatoms. The lowest BCUT2D eigenvalue weighted by atomic mass is 10.2. The number of nitrogen functional groups attached to an aromatic ring is 1. The Kier molecular flexibility index (Phi) is 4.90. The molecule has 1 heterocycles. The van der Waals surface area contributed by atoms with E-state index < -0.39 is 5.82 Å². The van der Waals surface area contributed by atoms with Gasteiger partial charge in [0.25, 0.3) is 0 Å². The van der Waals surface area contributed by atoms with Gasteiger partial charge in [-0.05, 0) is 39.9 Å². The Bertz CT molecular complexity index is 683. The minimum absolute atomic E-state index is 0.0697. The first-order valence-electron chi connectivity index (χ1n) is 6.06. The van der Waals surface area contributed by atoms with Gasteiger partial charge >= 0.3 is 0 Å². The third-order valence-electron chi connectivity index (χ3n) is 2.63. The van der Waals surface area contributed by atoms with E-state index in [1.54, 1.807) is 28.9 Å². The number of anilines is 1. The van der Waals surface area contributed by atoms with Crippen molar-refractivity contribution in [2.24, 2.45) is 5.73 Å². The van der Waals surface area contributed by atoms with Crippen LogP contribution in [0.5, 0.6) is 5.75 Å². The number of aromatic nitrogens is 3. The maximum Gasteiger partial charge on any atom is 0.149 e. The smallest absolute Gasteiger partial charge is 0.149 e. The van der Waals surface area contributed by atoms with Crippen molar-refractivity contribution >= 4 is 15.1 Å². The molecule has 0 bridgehead atoms. The van der Waals surface area contributed by atoms with E-state index in [0.29, 0.717) is 17.9 Å². The van der Waals surface area contributed by atoms with Gasteiger partial charge in [0.1, 0.15) is 17.3 Å². The fourth-order valence-corrected chi connectivity index (χ4v) is 1.79. The molecule has 0 fully saturated rings. The molecule has 0 saturated heterocycles. The van der Waals surface area contributed by atoms with Crippen LogP contribution in [0.15, 0.2) is 48.5 Å². The first kappa shape index (κ1) is 15.0. The highest BCUT2D eigenvalue weighted by Gasteiger charge is 2.04. The van der Waals surface area contributed by atoms with Crippen molar-refractivity contribution < 1.29 is 9.13 Å². The second-order valence-corrected chi connectivity index (χ2v) is 4.61. The zero-order chi connectivity index (χ0) is 15.2. The van der Waals surface area contributed by atoms with Crippen molar-refractivity contribution in [2.45, 2.75) is 6.42 Å². The quantitative estimate of drug-likeness (QED) is 0.379. The first-order valence-corrected chi connectivity index (χ1v) is 6.57. The number of benzene rings is 1. The second-order valence-electron chi connectivity index (χ2n) is 4.13. The van der Waals surface area contributed by atoms with E-state index >= 15 is 0 Å². The third kappa shape index (κ3) is 4.03. The van der Waals surface area contributed by atoms with Gasteiger partial charge < -0.3 is 16.2 Å². The zero-order valence-electron chi connectivity index (χ0n) is 11.1. The Balaban J connectivity index is 2.15. The molecule has 0 spiro atoms. The Morgan fingerprint density at radius 3 is 2.90 bits per heavy atom. The molecule has 6 nitrogen and oxygen atoms in total. The monoisotopic (exact) mass is 307 g/mol. The Morgan fingerprint density at radius 2 is 2.29 bits per heavy atom. The summed E-state index contributed by atoms with van der Waals surface area (Å²) in [6, 6.07) is 4.24. The van der Waals surface area contributed by atoms with Crippen molar-refractivity contribution in [3.63, 3.8) is 0 Å². The number of ether oxygens (including phenoxy) is 1. The standard InChI is InChI=1S/C13H15FN5OP/c14-12-7-11(3-4-13(12)16)20-10(5-6-15)2-1-9-8-17-18-19(9)21/h2-8H,1,15-16,21H2/b6-5-,10-2+. The van der Waals surface area contributed by atoms with Gasteiger partial charge in [-0.25, -0.2) is 8.84 Å². The molecule has 0 aliphatic carbocycles. The molecule has 2 aromatic rings. The van der Waals surface area contributed by atoms with E-state index in [-0.39, 0.29) is 5.69 Å². The molecule has 0 aliphatic heterocycles. The average molecular weight is 307 g/mol. The van der Waals surface area contributed by atoms with Crippen LogP contribution in [0.1, 0.15) is 5.69 Å². The molecule has 0 saturated carbocycles. The Hall–Kier alpha value is -2.40. The van der Waals surface area contributed by atoms with Gasteiger partial charge in [0.2, 0.25) is 0 Å². The van der Waals surface area contributed by atoms with Gasteiger partial charge in [0.05, 0.1) is 17.6 Å². The van der Waals surface area contributed by atoms with Gasteiger partial charge in [0.15, 0.2) is 0 Å². The van der Waals surface area contributed by atoms with Crippen LogP contribution >= 0.6 is 9.39 Å². The maximum absolute atomic E-state index is 13.4. The molecule has 21 heavy (non-hydrogen) atoms. The van der Waals surface area contributed by atoms with Gasteiger partial charge in [-0.2, -0.15) is 0 Å². The Morgan fingerprint density at radius 1 is 1.48 bits per heavy atom. The van der Waals surface area contributed by atoms with Crippen LogP contribution in [0.4, 0.5) is 10.1 Å². The summed E-state index contributed by atoms with van der Waals surface area (Å²) < 4.78 is 20.5. The number of hydrogen-bond donors (Lipinski definition) is 2. The second kappa shape index (κ2) is 6.85. The number of hydrogen-bond acceptors (Lipinski definition) is 5. The SMILES string of the molecule is N/C=C\C(=C/Cc1cnnn1P)Oc1ccc(N)c(F)c1. The molecule has 1 atom stereocenters. The lowest BCUT2D eigenvalue weighted by molar-refractivity contribution is 0.438. The Labute approximate surface area is 123 Å². The highest BCUT2D eigenvalue weighted by Crippen LogP contribution is 2.20. The molecule has 4 N–H and O–H groups in total. The van der Waals surface area contributed by atoms with E-state index in [1.807, 2.05) is 0 Å². The molecular formula is C13H15FN5OP. The summed E-state index contributed by atoms with van der Waals surface area (Å²) in [5.41, 5.74) is 11.7. The fraction of sp³-hybridized carbons (Fsp3) is 0.0769. The van der Waals surface area contributed by atoms with Crippen molar-refractivity contribution in [2.75, 3.05) is 5.73 Å². The van der Waals surface area contributed by atoms with E-state index in [9.17, 15) is 4.39 Å². The fourth-order valence-electron chi connectivity index (χ4n) is 1.56. The first-order chi connectivity index (χ1) is 10.1. The minimum Gasteiger partial charge on any atom is -0.458 e. The molecule has 2 rings (SSSR count). The molecule has 110 valence electrons. The summed E-state index contributed by atoms with van der Waals surface area (Å²) in [5, 5.41) is 7.57. The predicted octanol–water partition coefficient (Wildman–Crippen LogP) is 1.62. The van der Waals surface area contributed by atoms with Crippen LogP contribution in [-0.4, -0.2) is 14.8 Å². The van der Waals surface area contributed by atoms with Crippen molar-refractivity contribution in [3.8, 4) is 5.75 Å². The molecule has 1 aromatic heterocycles. The van der Waals surface area contributed by atoms with Gasteiger partial charge in [-0.1, -0.05) is 5.21 Å². The molecular weight excluding hydrogens is 292 g/mol. The number of rotatable bonds is 5.